The van der Waals surface area contributed by atoms with Crippen LogP contribution >= 0.6 is 11.3 Å². The normalized spacial score (nSPS) is 19.5. The van der Waals surface area contributed by atoms with Crippen molar-refractivity contribution in [2.45, 2.75) is 38.8 Å². The molecule has 5 heteroatoms. The monoisotopic (exact) mass is 270 g/mol. The third-order valence-electron chi connectivity index (χ3n) is 3.10. The highest BCUT2D eigenvalue weighted by molar-refractivity contribution is 7.09. The maximum absolute atomic E-state index is 5.60. The van der Waals surface area contributed by atoms with Crippen molar-refractivity contribution in [1.29, 1.82) is 0 Å². The first-order valence-corrected chi connectivity index (χ1v) is 7.53. The Morgan fingerprint density at radius 2 is 2.56 bits per heavy atom. The van der Waals surface area contributed by atoms with Crippen LogP contribution < -0.4 is 5.32 Å². The third-order valence-corrected chi connectivity index (χ3v) is 4.04. The Bertz CT molecular complexity index is 337. The fourth-order valence-corrected chi connectivity index (χ4v) is 2.73. The number of thiazole rings is 1. The molecule has 1 aromatic heterocycles. The van der Waals surface area contributed by atoms with Crippen molar-refractivity contribution >= 4 is 11.3 Å². The summed E-state index contributed by atoms with van der Waals surface area (Å²) >= 11 is 1.71. The molecule has 1 fully saturated rings. The molecule has 0 spiro atoms. The van der Waals surface area contributed by atoms with Crippen LogP contribution in [0.2, 0.25) is 0 Å². The van der Waals surface area contributed by atoms with Crippen LogP contribution in [0, 0.1) is 6.92 Å². The van der Waals surface area contributed by atoms with E-state index in [-0.39, 0.29) is 0 Å². The lowest BCUT2D eigenvalue weighted by atomic mass is 10.2. The lowest BCUT2D eigenvalue weighted by Gasteiger charge is -2.10. The van der Waals surface area contributed by atoms with Crippen molar-refractivity contribution in [2.24, 2.45) is 0 Å². The first-order valence-electron chi connectivity index (χ1n) is 6.65. The van der Waals surface area contributed by atoms with E-state index in [2.05, 4.69) is 17.2 Å². The molecule has 0 radical (unpaired) electrons. The minimum absolute atomic E-state index is 0.345. The van der Waals surface area contributed by atoms with Crippen molar-refractivity contribution < 1.29 is 9.47 Å². The number of rotatable bonds is 8. The Kier molecular flexibility index (Phi) is 6.07. The van der Waals surface area contributed by atoms with E-state index < -0.39 is 0 Å². The molecule has 0 aromatic carbocycles. The van der Waals surface area contributed by atoms with E-state index in [1.807, 2.05) is 5.51 Å². The third kappa shape index (κ3) is 4.65. The van der Waals surface area contributed by atoms with Crippen LogP contribution in [0.3, 0.4) is 0 Å². The molecule has 1 N–H and O–H groups in total. The van der Waals surface area contributed by atoms with E-state index in [9.17, 15) is 0 Å². The molecule has 1 aromatic rings. The summed E-state index contributed by atoms with van der Waals surface area (Å²) in [7, 11) is 0. The predicted molar refractivity (Wildman–Crippen MR) is 73.0 cm³/mol. The molecule has 1 unspecified atom stereocenters. The topological polar surface area (TPSA) is 43.4 Å². The predicted octanol–water partition coefficient (Wildman–Crippen LogP) is 2.13. The van der Waals surface area contributed by atoms with Gasteiger partial charge >= 0.3 is 0 Å². The minimum atomic E-state index is 0.345. The van der Waals surface area contributed by atoms with Gasteiger partial charge in [0.05, 0.1) is 23.9 Å². The molecule has 0 bridgehead atoms. The number of hydrogen-bond donors (Lipinski definition) is 1. The highest BCUT2D eigenvalue weighted by atomic mass is 32.1. The van der Waals surface area contributed by atoms with Gasteiger partial charge in [-0.05, 0) is 32.7 Å². The fourth-order valence-electron chi connectivity index (χ4n) is 1.99. The van der Waals surface area contributed by atoms with Crippen molar-refractivity contribution in [2.75, 3.05) is 26.4 Å². The Morgan fingerprint density at radius 1 is 1.61 bits per heavy atom. The van der Waals surface area contributed by atoms with Gasteiger partial charge in [-0.25, -0.2) is 4.98 Å². The summed E-state index contributed by atoms with van der Waals surface area (Å²) < 4.78 is 11.1. The molecule has 4 nitrogen and oxygen atoms in total. The zero-order valence-corrected chi connectivity index (χ0v) is 11.8. The lowest BCUT2D eigenvalue weighted by Crippen LogP contribution is -2.18. The summed E-state index contributed by atoms with van der Waals surface area (Å²) in [5.74, 6) is 0. The molecule has 1 aliphatic rings. The van der Waals surface area contributed by atoms with E-state index >= 15 is 0 Å². The van der Waals surface area contributed by atoms with Gasteiger partial charge in [0, 0.05) is 24.6 Å². The maximum atomic E-state index is 5.60. The summed E-state index contributed by atoms with van der Waals surface area (Å²) in [6, 6.07) is 0. The summed E-state index contributed by atoms with van der Waals surface area (Å²) in [4.78, 5) is 5.56. The Labute approximate surface area is 113 Å². The van der Waals surface area contributed by atoms with Gasteiger partial charge < -0.3 is 14.8 Å². The van der Waals surface area contributed by atoms with Gasteiger partial charge in [-0.1, -0.05) is 0 Å². The minimum Gasteiger partial charge on any atom is -0.379 e. The van der Waals surface area contributed by atoms with E-state index in [0.29, 0.717) is 6.10 Å². The van der Waals surface area contributed by atoms with Gasteiger partial charge in [0.15, 0.2) is 0 Å². The molecule has 1 atom stereocenters. The molecule has 2 heterocycles. The average molecular weight is 270 g/mol. The van der Waals surface area contributed by atoms with Crippen LogP contribution in [0.5, 0.6) is 0 Å². The van der Waals surface area contributed by atoms with E-state index in [1.165, 1.54) is 11.3 Å². The molecule has 1 aliphatic heterocycles. The smallest absolute Gasteiger partial charge is 0.0809 e. The summed E-state index contributed by atoms with van der Waals surface area (Å²) in [5, 5.41) is 3.42. The maximum Gasteiger partial charge on any atom is 0.0809 e. The molecule has 0 amide bonds. The van der Waals surface area contributed by atoms with Gasteiger partial charge in [0.1, 0.15) is 0 Å². The van der Waals surface area contributed by atoms with Crippen molar-refractivity contribution in [3.8, 4) is 0 Å². The largest absolute Gasteiger partial charge is 0.379 e. The Balaban J connectivity index is 1.43. The Morgan fingerprint density at radius 3 is 3.28 bits per heavy atom. The number of hydrogen-bond acceptors (Lipinski definition) is 5. The second-order valence-corrected chi connectivity index (χ2v) is 5.54. The van der Waals surface area contributed by atoms with Crippen LogP contribution in [0.25, 0.3) is 0 Å². The van der Waals surface area contributed by atoms with Crippen LogP contribution in [0.4, 0.5) is 0 Å². The molecule has 102 valence electrons. The first-order chi connectivity index (χ1) is 8.86. The number of aromatic nitrogens is 1. The summed E-state index contributed by atoms with van der Waals surface area (Å²) in [5.41, 5.74) is 3.04. The SMILES string of the molecule is Cc1ncsc1CNCCCOCC1CCCO1. The quantitative estimate of drug-likeness (QED) is 0.735. The highest BCUT2D eigenvalue weighted by Crippen LogP contribution is 2.12. The van der Waals surface area contributed by atoms with Crippen LogP contribution in [-0.2, 0) is 16.0 Å². The van der Waals surface area contributed by atoms with Crippen molar-refractivity contribution in [1.82, 2.24) is 10.3 Å². The van der Waals surface area contributed by atoms with Crippen LogP contribution in [0.15, 0.2) is 5.51 Å². The number of nitrogens with zero attached hydrogens (tertiary/aromatic N) is 1. The highest BCUT2D eigenvalue weighted by Gasteiger charge is 2.14. The number of ether oxygens (including phenoxy) is 2. The van der Waals surface area contributed by atoms with E-state index in [4.69, 9.17) is 9.47 Å². The molecule has 1 saturated heterocycles. The van der Waals surface area contributed by atoms with Gasteiger partial charge in [0.2, 0.25) is 0 Å². The molecular formula is C13H22N2O2S. The molecule has 2 rings (SSSR count). The first kappa shape index (κ1) is 13.9. The standard InChI is InChI=1S/C13H22N2O2S/c1-11-13(18-10-15-11)8-14-5-3-6-16-9-12-4-2-7-17-12/h10,12,14H,2-9H2,1H3. The van der Waals surface area contributed by atoms with Crippen LogP contribution in [0.1, 0.15) is 29.8 Å². The van der Waals surface area contributed by atoms with Gasteiger partial charge in [-0.2, -0.15) is 0 Å². The van der Waals surface area contributed by atoms with Gasteiger partial charge in [0.25, 0.3) is 0 Å². The summed E-state index contributed by atoms with van der Waals surface area (Å²) in [6.07, 6.45) is 3.73. The number of nitrogens with one attached hydrogen (secondary N) is 1. The molecule has 0 aliphatic carbocycles. The van der Waals surface area contributed by atoms with E-state index in [0.717, 1.165) is 51.4 Å². The average Bonchev–Trinajstić information content (AvgIpc) is 3.00. The van der Waals surface area contributed by atoms with Crippen molar-refractivity contribution in [3.63, 3.8) is 0 Å². The van der Waals surface area contributed by atoms with Gasteiger partial charge in [-0.15, -0.1) is 11.3 Å². The molecule has 18 heavy (non-hydrogen) atoms. The lowest BCUT2D eigenvalue weighted by molar-refractivity contribution is 0.0166. The molecule has 0 saturated carbocycles. The molecular weight excluding hydrogens is 248 g/mol. The summed E-state index contributed by atoms with van der Waals surface area (Å²) in [6.45, 7) is 6.44. The van der Waals surface area contributed by atoms with Crippen molar-refractivity contribution in [3.05, 3.63) is 16.1 Å². The zero-order chi connectivity index (χ0) is 12.6. The van der Waals surface area contributed by atoms with Gasteiger partial charge in [-0.3, -0.25) is 0 Å². The zero-order valence-electron chi connectivity index (χ0n) is 11.0. The number of aryl methyl sites for hydroxylation is 1. The van der Waals surface area contributed by atoms with Crippen LogP contribution in [-0.4, -0.2) is 37.5 Å². The second-order valence-electron chi connectivity index (χ2n) is 4.60. The Hall–Kier alpha value is -0.490. The second kappa shape index (κ2) is 7.84. The van der Waals surface area contributed by atoms with E-state index in [1.54, 1.807) is 11.3 Å². The fraction of sp³-hybridized carbons (Fsp3) is 0.769.